The summed E-state index contributed by atoms with van der Waals surface area (Å²) in [5.74, 6) is -0.452. The van der Waals surface area contributed by atoms with Gasteiger partial charge in [0.15, 0.2) is 0 Å². The highest BCUT2D eigenvalue weighted by Gasteiger charge is 2.17. The van der Waals surface area contributed by atoms with E-state index in [2.05, 4.69) is 20.0 Å². The molecule has 1 rings (SSSR count). The summed E-state index contributed by atoms with van der Waals surface area (Å²) in [4.78, 5) is 14.9. The zero-order valence-corrected chi connectivity index (χ0v) is 7.73. The Balaban J connectivity index is 2.72. The Morgan fingerprint density at radius 3 is 3.07 bits per heavy atom. The molecular formula is C7H12N4O3. The SMILES string of the molecule is CCNC(=O)c1noc([C@@H](N)CO)n1. The van der Waals surface area contributed by atoms with E-state index < -0.39 is 11.9 Å². The summed E-state index contributed by atoms with van der Waals surface area (Å²) in [6, 6.07) is -0.745. The number of nitrogens with zero attached hydrogens (tertiary/aromatic N) is 2. The Hall–Kier alpha value is -1.47. The summed E-state index contributed by atoms with van der Waals surface area (Å²) in [5.41, 5.74) is 5.40. The average Bonchev–Trinajstić information content (AvgIpc) is 2.66. The van der Waals surface area contributed by atoms with Gasteiger partial charge in [-0.15, -0.1) is 0 Å². The molecule has 0 saturated carbocycles. The van der Waals surface area contributed by atoms with Crippen LogP contribution in [-0.4, -0.2) is 34.3 Å². The van der Waals surface area contributed by atoms with Crippen LogP contribution < -0.4 is 11.1 Å². The fourth-order valence-corrected chi connectivity index (χ4v) is 0.796. The molecule has 0 aliphatic rings. The predicted octanol–water partition coefficient (Wildman–Crippen LogP) is -1.19. The largest absolute Gasteiger partial charge is 0.394 e. The monoisotopic (exact) mass is 200 g/mol. The number of hydrogen-bond donors (Lipinski definition) is 3. The maximum Gasteiger partial charge on any atom is 0.292 e. The Bertz CT molecular complexity index is 312. The molecule has 1 aromatic rings. The molecular weight excluding hydrogens is 188 g/mol. The van der Waals surface area contributed by atoms with E-state index in [1.54, 1.807) is 6.92 Å². The van der Waals surface area contributed by atoms with Gasteiger partial charge < -0.3 is 20.7 Å². The van der Waals surface area contributed by atoms with Crippen LogP contribution in [0.3, 0.4) is 0 Å². The number of aliphatic hydroxyl groups excluding tert-OH is 1. The molecule has 0 aliphatic carbocycles. The molecule has 0 saturated heterocycles. The highest BCUT2D eigenvalue weighted by Crippen LogP contribution is 2.05. The fraction of sp³-hybridized carbons (Fsp3) is 0.571. The number of amides is 1. The Kier molecular flexibility index (Phi) is 3.55. The number of rotatable bonds is 4. The molecule has 0 spiro atoms. The van der Waals surface area contributed by atoms with Crippen LogP contribution in [0, 0.1) is 0 Å². The van der Waals surface area contributed by atoms with Gasteiger partial charge in [0.2, 0.25) is 5.89 Å². The van der Waals surface area contributed by atoms with Crippen molar-refractivity contribution in [2.24, 2.45) is 5.73 Å². The molecule has 0 radical (unpaired) electrons. The van der Waals surface area contributed by atoms with Crippen LogP contribution >= 0.6 is 0 Å². The van der Waals surface area contributed by atoms with Gasteiger partial charge in [-0.25, -0.2) is 0 Å². The van der Waals surface area contributed by atoms with Crippen molar-refractivity contribution >= 4 is 5.91 Å². The molecule has 0 aromatic carbocycles. The Morgan fingerprint density at radius 2 is 2.50 bits per heavy atom. The molecule has 0 bridgehead atoms. The second-order valence-electron chi connectivity index (χ2n) is 2.60. The van der Waals surface area contributed by atoms with Gasteiger partial charge in [0, 0.05) is 6.54 Å². The van der Waals surface area contributed by atoms with Crippen LogP contribution in [0.15, 0.2) is 4.52 Å². The molecule has 0 fully saturated rings. The first kappa shape index (κ1) is 10.6. The molecule has 0 unspecified atom stereocenters. The van der Waals surface area contributed by atoms with E-state index >= 15 is 0 Å². The van der Waals surface area contributed by atoms with Crippen molar-refractivity contribution in [3.05, 3.63) is 11.7 Å². The third-order valence-electron chi connectivity index (χ3n) is 1.50. The van der Waals surface area contributed by atoms with Crippen molar-refractivity contribution < 1.29 is 14.4 Å². The van der Waals surface area contributed by atoms with Crippen LogP contribution in [-0.2, 0) is 0 Å². The number of aromatic nitrogens is 2. The summed E-state index contributed by atoms with van der Waals surface area (Å²) in [6.07, 6.45) is 0. The lowest BCUT2D eigenvalue weighted by molar-refractivity contribution is 0.0942. The van der Waals surface area contributed by atoms with Crippen LogP contribution in [0.2, 0.25) is 0 Å². The van der Waals surface area contributed by atoms with Crippen molar-refractivity contribution in [1.29, 1.82) is 0 Å². The summed E-state index contributed by atoms with van der Waals surface area (Å²) in [6.45, 7) is 1.95. The number of carbonyl (C=O) groups is 1. The van der Waals surface area contributed by atoms with Gasteiger partial charge >= 0.3 is 0 Å². The first-order chi connectivity index (χ1) is 6.69. The van der Waals surface area contributed by atoms with Gasteiger partial charge in [-0.05, 0) is 6.92 Å². The zero-order chi connectivity index (χ0) is 10.6. The lowest BCUT2D eigenvalue weighted by Gasteiger charge is -1.98. The van der Waals surface area contributed by atoms with Crippen LogP contribution in [0.4, 0.5) is 0 Å². The number of nitrogens with one attached hydrogen (secondary N) is 1. The maximum absolute atomic E-state index is 11.2. The molecule has 4 N–H and O–H groups in total. The molecule has 1 amide bonds. The van der Waals surface area contributed by atoms with E-state index in [-0.39, 0.29) is 18.3 Å². The normalized spacial score (nSPS) is 12.5. The number of hydrogen-bond acceptors (Lipinski definition) is 6. The maximum atomic E-state index is 11.2. The number of nitrogens with two attached hydrogens (primary N) is 1. The first-order valence-corrected chi connectivity index (χ1v) is 4.17. The lowest BCUT2D eigenvalue weighted by Crippen LogP contribution is -2.24. The van der Waals surface area contributed by atoms with E-state index in [4.69, 9.17) is 10.8 Å². The summed E-state index contributed by atoms with van der Waals surface area (Å²) in [7, 11) is 0. The van der Waals surface area contributed by atoms with E-state index in [9.17, 15) is 4.79 Å². The standard InChI is InChI=1S/C7H12N4O3/c1-2-9-6(13)5-10-7(14-11-5)4(8)3-12/h4,12H,2-3,8H2,1H3,(H,9,13)/t4-/m0/s1. The lowest BCUT2D eigenvalue weighted by atomic mass is 10.3. The van der Waals surface area contributed by atoms with E-state index in [0.29, 0.717) is 6.54 Å². The second-order valence-corrected chi connectivity index (χ2v) is 2.60. The van der Waals surface area contributed by atoms with Gasteiger partial charge in [0.25, 0.3) is 11.7 Å². The predicted molar refractivity (Wildman–Crippen MR) is 46.3 cm³/mol. The minimum Gasteiger partial charge on any atom is -0.394 e. The number of aliphatic hydroxyl groups is 1. The van der Waals surface area contributed by atoms with Crippen LogP contribution in [0.25, 0.3) is 0 Å². The molecule has 14 heavy (non-hydrogen) atoms. The van der Waals surface area contributed by atoms with Crippen LogP contribution in [0.1, 0.15) is 29.5 Å². The smallest absolute Gasteiger partial charge is 0.292 e. The topological polar surface area (TPSA) is 114 Å². The highest BCUT2D eigenvalue weighted by molar-refractivity contribution is 5.90. The molecule has 1 aromatic heterocycles. The molecule has 7 nitrogen and oxygen atoms in total. The van der Waals surface area contributed by atoms with Gasteiger partial charge in [-0.2, -0.15) is 4.98 Å². The highest BCUT2D eigenvalue weighted by atomic mass is 16.5. The van der Waals surface area contributed by atoms with Gasteiger partial charge in [-0.3, -0.25) is 4.79 Å². The van der Waals surface area contributed by atoms with Crippen molar-refractivity contribution in [3.63, 3.8) is 0 Å². The molecule has 1 atom stereocenters. The van der Waals surface area contributed by atoms with Crippen LogP contribution in [0.5, 0.6) is 0 Å². The summed E-state index contributed by atoms with van der Waals surface area (Å²) >= 11 is 0. The second kappa shape index (κ2) is 4.68. The quantitative estimate of drug-likeness (QED) is 0.563. The summed E-state index contributed by atoms with van der Waals surface area (Å²) in [5, 5.41) is 14.6. The average molecular weight is 200 g/mol. The van der Waals surface area contributed by atoms with Crippen molar-refractivity contribution in [3.8, 4) is 0 Å². The zero-order valence-electron chi connectivity index (χ0n) is 7.73. The van der Waals surface area contributed by atoms with Gasteiger partial charge in [-0.1, -0.05) is 5.16 Å². The Labute approximate surface area is 80.3 Å². The van der Waals surface area contributed by atoms with Crippen molar-refractivity contribution in [2.45, 2.75) is 13.0 Å². The molecule has 78 valence electrons. The van der Waals surface area contributed by atoms with Gasteiger partial charge in [0.05, 0.1) is 6.61 Å². The summed E-state index contributed by atoms with van der Waals surface area (Å²) < 4.78 is 4.68. The van der Waals surface area contributed by atoms with E-state index in [0.717, 1.165) is 0 Å². The van der Waals surface area contributed by atoms with Crippen molar-refractivity contribution in [2.75, 3.05) is 13.2 Å². The van der Waals surface area contributed by atoms with Crippen molar-refractivity contribution in [1.82, 2.24) is 15.5 Å². The fourth-order valence-electron chi connectivity index (χ4n) is 0.796. The minimum atomic E-state index is -0.745. The molecule has 0 aliphatic heterocycles. The van der Waals surface area contributed by atoms with E-state index in [1.165, 1.54) is 0 Å². The van der Waals surface area contributed by atoms with E-state index in [1.807, 2.05) is 0 Å². The molecule has 1 heterocycles. The third kappa shape index (κ3) is 2.27. The molecule has 7 heteroatoms. The first-order valence-electron chi connectivity index (χ1n) is 4.17. The van der Waals surface area contributed by atoms with Gasteiger partial charge in [0.1, 0.15) is 6.04 Å². The number of carbonyl (C=O) groups excluding carboxylic acids is 1. The third-order valence-corrected chi connectivity index (χ3v) is 1.50. The minimum absolute atomic E-state index is 0.0498. The Morgan fingerprint density at radius 1 is 1.79 bits per heavy atom.